The van der Waals surface area contributed by atoms with Crippen molar-refractivity contribution >= 4 is 17.2 Å². The van der Waals surface area contributed by atoms with Gasteiger partial charge < -0.3 is 0 Å². The zero-order chi connectivity index (χ0) is 25.3. The van der Waals surface area contributed by atoms with Crippen LogP contribution in [0.15, 0.2) is 95.9 Å². The van der Waals surface area contributed by atoms with E-state index >= 15 is 0 Å². The zero-order valence-electron chi connectivity index (χ0n) is 21.7. The lowest BCUT2D eigenvalue weighted by Gasteiger charge is -2.43. The predicted octanol–water partition coefficient (Wildman–Crippen LogP) is 7.14. The maximum Gasteiger partial charge on any atom is 0.0967 e. The van der Waals surface area contributed by atoms with Crippen molar-refractivity contribution < 1.29 is 0 Å². The molecule has 0 N–H and O–H groups in total. The molecule has 0 saturated heterocycles. The maximum atomic E-state index is 4.77. The molecule has 0 radical (unpaired) electrons. The third-order valence-corrected chi connectivity index (χ3v) is 11.3. The SMILES string of the molecule is CC(C)(C)P(CC1=CC(=C2C=CC=CC2)C=C1C(P)(c1cnccn1)c1cnccn1)C(C)(C)C. The second-order valence-electron chi connectivity index (χ2n) is 11.1. The van der Waals surface area contributed by atoms with Crippen LogP contribution >= 0.6 is 17.2 Å². The molecule has 0 aliphatic heterocycles. The Kier molecular flexibility index (Phi) is 7.37. The maximum absolute atomic E-state index is 4.77. The Bertz CT molecular complexity index is 1160. The van der Waals surface area contributed by atoms with Crippen molar-refractivity contribution in [3.63, 3.8) is 0 Å². The van der Waals surface area contributed by atoms with Crippen LogP contribution < -0.4 is 0 Å². The first kappa shape index (κ1) is 25.8. The normalized spacial score (nSPS) is 18.7. The summed E-state index contributed by atoms with van der Waals surface area (Å²) in [6, 6.07) is 0. The molecule has 2 aromatic rings. The monoisotopic (exact) mass is 502 g/mol. The van der Waals surface area contributed by atoms with Gasteiger partial charge in [0.2, 0.25) is 0 Å². The topological polar surface area (TPSA) is 51.6 Å². The first-order chi connectivity index (χ1) is 16.5. The molecule has 0 spiro atoms. The van der Waals surface area contributed by atoms with Crippen molar-refractivity contribution in [2.24, 2.45) is 0 Å². The van der Waals surface area contributed by atoms with Gasteiger partial charge in [-0.15, -0.1) is 9.24 Å². The first-order valence-electron chi connectivity index (χ1n) is 12.1. The van der Waals surface area contributed by atoms with Crippen LogP contribution in [0.5, 0.6) is 0 Å². The van der Waals surface area contributed by atoms with E-state index in [9.17, 15) is 0 Å². The van der Waals surface area contributed by atoms with E-state index in [1.807, 2.05) is 12.4 Å². The summed E-state index contributed by atoms with van der Waals surface area (Å²) in [6.07, 6.45) is 26.1. The fraction of sp³-hybridized carbons (Fsp3) is 0.379. The highest BCUT2D eigenvalue weighted by molar-refractivity contribution is 7.61. The highest BCUT2D eigenvalue weighted by Gasteiger charge is 2.43. The number of nitrogens with zero attached hydrogens (tertiary/aromatic N) is 4. The van der Waals surface area contributed by atoms with Crippen LogP contribution in [0.1, 0.15) is 59.4 Å². The summed E-state index contributed by atoms with van der Waals surface area (Å²) in [4.78, 5) is 18.4. The summed E-state index contributed by atoms with van der Waals surface area (Å²) in [6.45, 7) is 14.3. The molecule has 2 aromatic heterocycles. The molecule has 2 aliphatic carbocycles. The number of allylic oxidation sites excluding steroid dienone is 10. The lowest BCUT2D eigenvalue weighted by molar-refractivity contribution is 0.705. The van der Waals surface area contributed by atoms with Crippen LogP contribution in [0.3, 0.4) is 0 Å². The van der Waals surface area contributed by atoms with Crippen LogP contribution in [-0.4, -0.2) is 36.4 Å². The summed E-state index contributed by atoms with van der Waals surface area (Å²) in [7, 11) is 2.73. The van der Waals surface area contributed by atoms with Crippen molar-refractivity contribution in [3.8, 4) is 0 Å². The zero-order valence-corrected chi connectivity index (χ0v) is 23.7. The number of aromatic nitrogens is 4. The molecule has 6 heteroatoms. The largest absolute Gasteiger partial charge is 0.261 e. The van der Waals surface area contributed by atoms with E-state index in [0.717, 1.165) is 24.0 Å². The van der Waals surface area contributed by atoms with Crippen LogP contribution in [0.2, 0.25) is 0 Å². The lowest BCUT2D eigenvalue weighted by Crippen LogP contribution is -2.30. The average molecular weight is 503 g/mol. The van der Waals surface area contributed by atoms with Crippen LogP contribution in [0.25, 0.3) is 0 Å². The number of hydrogen-bond donors (Lipinski definition) is 0. The summed E-state index contributed by atoms with van der Waals surface area (Å²) < 4.78 is 0. The van der Waals surface area contributed by atoms with Crippen molar-refractivity contribution in [2.45, 2.75) is 63.4 Å². The third kappa shape index (κ3) is 5.45. The van der Waals surface area contributed by atoms with Gasteiger partial charge in [-0.25, -0.2) is 0 Å². The molecular weight excluding hydrogens is 466 g/mol. The van der Waals surface area contributed by atoms with Crippen LogP contribution in [0, 0.1) is 0 Å². The molecule has 4 nitrogen and oxygen atoms in total. The van der Waals surface area contributed by atoms with Crippen LogP contribution in [-0.2, 0) is 5.16 Å². The van der Waals surface area contributed by atoms with Crippen molar-refractivity contribution in [1.29, 1.82) is 0 Å². The molecule has 2 heterocycles. The van der Waals surface area contributed by atoms with Gasteiger partial charge in [0.05, 0.1) is 28.9 Å². The van der Waals surface area contributed by atoms with Gasteiger partial charge in [-0.1, -0.05) is 79.8 Å². The smallest absolute Gasteiger partial charge is 0.0967 e. The van der Waals surface area contributed by atoms with Gasteiger partial charge in [0, 0.05) is 24.8 Å². The first-order valence-corrected chi connectivity index (χ1v) is 14.2. The van der Waals surface area contributed by atoms with Crippen molar-refractivity contribution in [3.05, 3.63) is 107 Å². The predicted molar refractivity (Wildman–Crippen MR) is 152 cm³/mol. The Morgan fingerprint density at radius 1 is 0.829 bits per heavy atom. The van der Waals surface area contributed by atoms with E-state index in [1.54, 1.807) is 24.8 Å². The van der Waals surface area contributed by atoms with E-state index in [-0.39, 0.29) is 18.2 Å². The highest BCUT2D eigenvalue weighted by Crippen LogP contribution is 2.62. The molecule has 0 bridgehead atoms. The minimum absolute atomic E-state index is 0.214. The second-order valence-corrected chi connectivity index (χ2v) is 15.8. The quantitative estimate of drug-likeness (QED) is 0.408. The molecule has 0 aromatic carbocycles. The van der Waals surface area contributed by atoms with Gasteiger partial charge >= 0.3 is 0 Å². The fourth-order valence-corrected chi connectivity index (χ4v) is 9.16. The van der Waals surface area contributed by atoms with E-state index < -0.39 is 5.16 Å². The Morgan fingerprint density at radius 2 is 1.43 bits per heavy atom. The molecule has 1 atom stereocenters. The Hall–Kier alpha value is -2.28. The van der Waals surface area contributed by atoms with Crippen molar-refractivity contribution in [1.82, 2.24) is 19.9 Å². The fourth-order valence-electron chi connectivity index (χ4n) is 5.03. The lowest BCUT2D eigenvalue weighted by atomic mass is 9.88. The van der Waals surface area contributed by atoms with Gasteiger partial charge in [0.25, 0.3) is 0 Å². The molecule has 0 amide bonds. The molecule has 4 rings (SSSR count). The number of hydrogen-bond acceptors (Lipinski definition) is 4. The van der Waals surface area contributed by atoms with Crippen LogP contribution in [0.4, 0.5) is 0 Å². The summed E-state index contributed by atoms with van der Waals surface area (Å²) in [5, 5.41) is -0.223. The Balaban J connectivity index is 1.93. The van der Waals surface area contributed by atoms with Gasteiger partial charge in [0.15, 0.2) is 0 Å². The number of rotatable bonds is 5. The Labute approximate surface area is 213 Å². The molecular formula is C29H36N4P2. The molecule has 0 saturated carbocycles. The van der Waals surface area contributed by atoms with Gasteiger partial charge in [-0.3, -0.25) is 19.9 Å². The minimum Gasteiger partial charge on any atom is -0.261 e. The molecule has 0 fully saturated rings. The van der Waals surface area contributed by atoms with E-state index in [1.165, 1.54) is 22.3 Å². The van der Waals surface area contributed by atoms with E-state index in [2.05, 4.69) is 97.2 Å². The van der Waals surface area contributed by atoms with Gasteiger partial charge in [-0.05, 0) is 51.3 Å². The summed E-state index contributed by atoms with van der Waals surface area (Å²) in [5.74, 6) is 0. The molecule has 35 heavy (non-hydrogen) atoms. The van der Waals surface area contributed by atoms with Gasteiger partial charge in [0.1, 0.15) is 0 Å². The van der Waals surface area contributed by atoms with E-state index in [0.29, 0.717) is 0 Å². The van der Waals surface area contributed by atoms with E-state index in [4.69, 9.17) is 9.97 Å². The van der Waals surface area contributed by atoms with Crippen molar-refractivity contribution in [2.75, 3.05) is 6.16 Å². The average Bonchev–Trinajstić information content (AvgIpc) is 3.27. The molecule has 2 aliphatic rings. The van der Waals surface area contributed by atoms with Gasteiger partial charge in [-0.2, -0.15) is 0 Å². The highest BCUT2D eigenvalue weighted by atomic mass is 31.1. The third-order valence-electron chi connectivity index (χ3n) is 6.54. The molecule has 1 unspecified atom stereocenters. The molecule has 182 valence electrons. The second kappa shape index (κ2) is 10.00. The Morgan fingerprint density at radius 3 is 1.89 bits per heavy atom. The summed E-state index contributed by atoms with van der Waals surface area (Å²) >= 11 is 0. The minimum atomic E-state index is -0.651. The standard InChI is InChI=1S/C29H36N4P2/c1-27(2,3)35(28(4,5)6)20-23-16-22(21-10-8-7-9-11-21)17-24(23)29(34,25-18-30-12-14-32-25)26-19-31-13-15-33-26/h7-10,12-19H,11,20,34H2,1-6H3. The summed E-state index contributed by atoms with van der Waals surface area (Å²) in [5.41, 5.74) is 6.88.